The first-order chi connectivity index (χ1) is 12.1. The summed E-state index contributed by atoms with van der Waals surface area (Å²) < 4.78 is 7.45. The SMILES string of the molecule is CC(C)Oc1ccc(C(=O)N2CCC(n3cc(C4CC4)nn3)C2)cn1. The van der Waals surface area contributed by atoms with Crippen molar-refractivity contribution >= 4 is 5.91 Å². The molecule has 1 aliphatic heterocycles. The Morgan fingerprint density at radius 3 is 2.80 bits per heavy atom. The topological polar surface area (TPSA) is 73.1 Å². The molecule has 2 aliphatic rings. The lowest BCUT2D eigenvalue weighted by atomic mass is 10.2. The van der Waals surface area contributed by atoms with E-state index in [4.69, 9.17) is 4.74 Å². The van der Waals surface area contributed by atoms with Gasteiger partial charge in [0, 0.05) is 37.5 Å². The van der Waals surface area contributed by atoms with Crippen molar-refractivity contribution < 1.29 is 9.53 Å². The molecule has 0 aromatic carbocycles. The number of rotatable bonds is 5. The summed E-state index contributed by atoms with van der Waals surface area (Å²) in [6.07, 6.45) is 7.05. The van der Waals surface area contributed by atoms with Crippen LogP contribution in [-0.4, -0.2) is 50.0 Å². The Balaban J connectivity index is 1.39. The summed E-state index contributed by atoms with van der Waals surface area (Å²) in [4.78, 5) is 18.8. The molecule has 1 aliphatic carbocycles. The zero-order valence-corrected chi connectivity index (χ0v) is 14.6. The second-order valence-electron chi connectivity index (χ2n) is 7.14. The van der Waals surface area contributed by atoms with Gasteiger partial charge in [0.15, 0.2) is 0 Å². The largest absolute Gasteiger partial charge is 0.475 e. The molecule has 1 amide bonds. The molecular weight excluding hydrogens is 318 g/mol. The van der Waals surface area contributed by atoms with Crippen LogP contribution in [0.4, 0.5) is 0 Å². The number of carbonyl (C=O) groups is 1. The molecule has 4 rings (SSSR count). The number of aromatic nitrogens is 4. The van der Waals surface area contributed by atoms with Crippen LogP contribution in [0.1, 0.15) is 61.1 Å². The molecule has 2 fully saturated rings. The molecule has 132 valence electrons. The molecule has 2 aromatic heterocycles. The summed E-state index contributed by atoms with van der Waals surface area (Å²) in [5, 5.41) is 8.53. The maximum atomic E-state index is 12.7. The summed E-state index contributed by atoms with van der Waals surface area (Å²) in [6.45, 7) is 5.29. The lowest BCUT2D eigenvalue weighted by Gasteiger charge is -2.16. The van der Waals surface area contributed by atoms with E-state index in [0.29, 0.717) is 23.9 Å². The normalized spacial score (nSPS) is 20.3. The van der Waals surface area contributed by atoms with Gasteiger partial charge in [-0.2, -0.15) is 0 Å². The van der Waals surface area contributed by atoms with Crippen LogP contribution in [0.2, 0.25) is 0 Å². The molecule has 7 heteroatoms. The monoisotopic (exact) mass is 341 g/mol. The fraction of sp³-hybridized carbons (Fsp3) is 0.556. The van der Waals surface area contributed by atoms with Crippen LogP contribution < -0.4 is 4.74 Å². The van der Waals surface area contributed by atoms with Crippen molar-refractivity contribution in [1.29, 1.82) is 0 Å². The van der Waals surface area contributed by atoms with Crippen molar-refractivity contribution in [3.8, 4) is 5.88 Å². The molecule has 2 aromatic rings. The van der Waals surface area contributed by atoms with E-state index in [0.717, 1.165) is 18.7 Å². The molecular formula is C18H23N5O2. The van der Waals surface area contributed by atoms with Crippen LogP contribution in [0.25, 0.3) is 0 Å². The third-order valence-corrected chi connectivity index (χ3v) is 4.69. The quantitative estimate of drug-likeness (QED) is 0.835. The average molecular weight is 341 g/mol. The summed E-state index contributed by atoms with van der Waals surface area (Å²) in [5.74, 6) is 1.15. The first kappa shape index (κ1) is 16.1. The van der Waals surface area contributed by atoms with Crippen molar-refractivity contribution in [2.24, 2.45) is 0 Å². The van der Waals surface area contributed by atoms with Crippen molar-refractivity contribution in [3.63, 3.8) is 0 Å². The van der Waals surface area contributed by atoms with Crippen molar-refractivity contribution in [3.05, 3.63) is 35.8 Å². The molecule has 0 N–H and O–H groups in total. The highest BCUT2D eigenvalue weighted by Gasteiger charge is 2.31. The zero-order chi connectivity index (χ0) is 17.4. The summed E-state index contributed by atoms with van der Waals surface area (Å²) in [5.41, 5.74) is 1.68. The smallest absolute Gasteiger partial charge is 0.255 e. The van der Waals surface area contributed by atoms with Gasteiger partial charge in [0.1, 0.15) is 0 Å². The molecule has 1 atom stereocenters. The molecule has 3 heterocycles. The Bertz CT molecular complexity index is 751. The van der Waals surface area contributed by atoms with E-state index in [1.807, 2.05) is 23.4 Å². The number of hydrogen-bond acceptors (Lipinski definition) is 5. The molecule has 0 spiro atoms. The molecule has 1 unspecified atom stereocenters. The predicted octanol–water partition coefficient (Wildman–Crippen LogP) is 2.42. The van der Waals surface area contributed by atoms with Crippen LogP contribution in [0.15, 0.2) is 24.5 Å². The van der Waals surface area contributed by atoms with Crippen LogP contribution in [0, 0.1) is 0 Å². The fourth-order valence-corrected chi connectivity index (χ4v) is 3.18. The van der Waals surface area contributed by atoms with Crippen LogP contribution in [0.5, 0.6) is 5.88 Å². The Morgan fingerprint density at radius 2 is 2.12 bits per heavy atom. The number of nitrogens with zero attached hydrogens (tertiary/aromatic N) is 5. The van der Waals surface area contributed by atoms with Crippen molar-refractivity contribution in [1.82, 2.24) is 24.9 Å². The van der Waals surface area contributed by atoms with E-state index in [9.17, 15) is 4.79 Å². The fourth-order valence-electron chi connectivity index (χ4n) is 3.18. The highest BCUT2D eigenvalue weighted by Crippen LogP contribution is 2.39. The van der Waals surface area contributed by atoms with Gasteiger partial charge in [-0.3, -0.25) is 4.79 Å². The molecule has 0 radical (unpaired) electrons. The van der Waals surface area contributed by atoms with Crippen molar-refractivity contribution in [2.45, 2.75) is 51.2 Å². The minimum Gasteiger partial charge on any atom is -0.475 e. The minimum atomic E-state index is 0.00799. The van der Waals surface area contributed by atoms with Crippen molar-refractivity contribution in [2.75, 3.05) is 13.1 Å². The maximum Gasteiger partial charge on any atom is 0.255 e. The van der Waals surface area contributed by atoms with E-state index in [2.05, 4.69) is 21.5 Å². The zero-order valence-electron chi connectivity index (χ0n) is 14.6. The van der Waals surface area contributed by atoms with Gasteiger partial charge in [0.05, 0.1) is 23.4 Å². The summed E-state index contributed by atoms with van der Waals surface area (Å²) >= 11 is 0. The van der Waals surface area contributed by atoms with Gasteiger partial charge in [-0.25, -0.2) is 9.67 Å². The minimum absolute atomic E-state index is 0.00799. The molecule has 1 saturated carbocycles. The lowest BCUT2D eigenvalue weighted by molar-refractivity contribution is 0.0786. The standard InChI is InChI=1S/C18H23N5O2/c1-12(2)25-17-6-5-14(9-19-17)18(24)22-8-7-15(10-22)23-11-16(20-21-23)13-3-4-13/h5-6,9,11-13,15H,3-4,7-8,10H2,1-2H3. The number of likely N-dealkylation sites (tertiary alicyclic amines) is 1. The van der Waals surface area contributed by atoms with Gasteiger partial charge in [0.25, 0.3) is 5.91 Å². The van der Waals surface area contributed by atoms with Gasteiger partial charge in [-0.15, -0.1) is 5.10 Å². The first-order valence-electron chi connectivity index (χ1n) is 8.94. The van der Waals surface area contributed by atoms with Crippen LogP contribution in [-0.2, 0) is 0 Å². The summed E-state index contributed by atoms with van der Waals surface area (Å²) in [6, 6.07) is 3.74. The number of amides is 1. The maximum absolute atomic E-state index is 12.7. The summed E-state index contributed by atoms with van der Waals surface area (Å²) in [7, 11) is 0. The first-order valence-corrected chi connectivity index (χ1v) is 8.94. The Labute approximate surface area is 147 Å². The van der Waals surface area contributed by atoms with Gasteiger partial charge in [-0.05, 0) is 39.2 Å². The van der Waals surface area contributed by atoms with E-state index in [1.54, 1.807) is 18.3 Å². The number of ether oxygens (including phenoxy) is 1. The Morgan fingerprint density at radius 1 is 1.28 bits per heavy atom. The predicted molar refractivity (Wildman–Crippen MR) is 91.6 cm³/mol. The second kappa shape index (κ2) is 6.46. The van der Waals surface area contributed by atoms with E-state index < -0.39 is 0 Å². The third kappa shape index (κ3) is 3.50. The number of hydrogen-bond donors (Lipinski definition) is 0. The van der Waals surface area contributed by atoms with Gasteiger partial charge >= 0.3 is 0 Å². The Hall–Kier alpha value is -2.44. The lowest BCUT2D eigenvalue weighted by Crippen LogP contribution is -2.29. The molecule has 25 heavy (non-hydrogen) atoms. The third-order valence-electron chi connectivity index (χ3n) is 4.69. The van der Waals surface area contributed by atoms with Gasteiger partial charge in [0.2, 0.25) is 5.88 Å². The molecule has 0 bridgehead atoms. The second-order valence-corrected chi connectivity index (χ2v) is 7.14. The van der Waals surface area contributed by atoms with E-state index >= 15 is 0 Å². The van der Waals surface area contributed by atoms with Crippen LogP contribution >= 0.6 is 0 Å². The van der Waals surface area contributed by atoms with E-state index in [1.165, 1.54) is 12.8 Å². The highest BCUT2D eigenvalue weighted by molar-refractivity contribution is 5.94. The number of pyridine rings is 1. The van der Waals surface area contributed by atoms with Crippen LogP contribution in [0.3, 0.4) is 0 Å². The number of carbonyl (C=O) groups excluding carboxylic acids is 1. The molecule has 7 nitrogen and oxygen atoms in total. The average Bonchev–Trinajstić information content (AvgIpc) is 3.13. The Kier molecular flexibility index (Phi) is 4.15. The molecule has 1 saturated heterocycles. The highest BCUT2D eigenvalue weighted by atomic mass is 16.5. The van der Waals surface area contributed by atoms with Gasteiger partial charge < -0.3 is 9.64 Å². The van der Waals surface area contributed by atoms with Gasteiger partial charge in [-0.1, -0.05) is 5.21 Å². The van der Waals surface area contributed by atoms with E-state index in [-0.39, 0.29) is 18.1 Å².